The summed E-state index contributed by atoms with van der Waals surface area (Å²) in [6.07, 6.45) is 1.59. The minimum atomic E-state index is -0.439. The lowest BCUT2D eigenvalue weighted by atomic mass is 10.1. The quantitative estimate of drug-likeness (QED) is 0.433. The van der Waals surface area contributed by atoms with Crippen molar-refractivity contribution in [3.05, 3.63) is 88.0 Å². The molecule has 0 aliphatic heterocycles. The number of nitrogens with zero attached hydrogens (tertiary/aromatic N) is 5. The van der Waals surface area contributed by atoms with Crippen LogP contribution in [-0.4, -0.2) is 30.2 Å². The number of amides is 1. The molecule has 2 aromatic carbocycles. The van der Waals surface area contributed by atoms with Crippen molar-refractivity contribution in [2.45, 2.75) is 27.3 Å². The molecule has 0 saturated carbocycles. The van der Waals surface area contributed by atoms with E-state index in [2.05, 4.69) is 20.6 Å². The van der Waals surface area contributed by atoms with E-state index < -0.39 is 5.69 Å². The molecule has 9 nitrogen and oxygen atoms in total. The minimum Gasteiger partial charge on any atom is -0.333 e. The molecule has 0 spiro atoms. The maximum Gasteiger partial charge on any atom is 0.350 e. The van der Waals surface area contributed by atoms with E-state index in [9.17, 15) is 9.59 Å². The number of benzene rings is 2. The average Bonchev–Trinajstić information content (AvgIpc) is 3.42. The van der Waals surface area contributed by atoms with E-state index in [-0.39, 0.29) is 18.3 Å². The Balaban J connectivity index is 1.44. The van der Waals surface area contributed by atoms with Crippen molar-refractivity contribution in [1.29, 1.82) is 0 Å². The van der Waals surface area contributed by atoms with Crippen molar-refractivity contribution >= 4 is 17.2 Å². The number of pyridine rings is 1. The third kappa shape index (κ3) is 3.99. The van der Waals surface area contributed by atoms with Crippen LogP contribution in [0, 0.1) is 20.8 Å². The fourth-order valence-corrected chi connectivity index (χ4v) is 3.74. The fraction of sp³-hybridized carbons (Fsp3) is 0.160. The highest BCUT2D eigenvalue weighted by atomic mass is 16.5. The molecule has 0 aliphatic carbocycles. The van der Waals surface area contributed by atoms with Crippen molar-refractivity contribution < 1.29 is 9.32 Å². The lowest BCUT2D eigenvalue weighted by Gasteiger charge is -2.08. The van der Waals surface area contributed by atoms with Gasteiger partial charge in [-0.25, -0.2) is 13.9 Å². The summed E-state index contributed by atoms with van der Waals surface area (Å²) in [7, 11) is 0. The Morgan fingerprint density at radius 2 is 1.79 bits per heavy atom. The summed E-state index contributed by atoms with van der Waals surface area (Å²) in [5.74, 6) is 0.322. The van der Waals surface area contributed by atoms with E-state index in [4.69, 9.17) is 4.52 Å². The topological polar surface area (TPSA) is 107 Å². The van der Waals surface area contributed by atoms with Crippen molar-refractivity contribution in [2.75, 3.05) is 5.32 Å². The number of carbonyl (C=O) groups is 1. The molecular formula is C25H22N6O3. The van der Waals surface area contributed by atoms with Crippen LogP contribution in [0.2, 0.25) is 0 Å². The molecule has 1 amide bonds. The molecule has 0 bridgehead atoms. The summed E-state index contributed by atoms with van der Waals surface area (Å²) >= 11 is 0. The van der Waals surface area contributed by atoms with E-state index >= 15 is 0 Å². The van der Waals surface area contributed by atoms with E-state index in [1.165, 1.54) is 4.40 Å². The van der Waals surface area contributed by atoms with E-state index in [1.54, 1.807) is 18.3 Å². The van der Waals surface area contributed by atoms with Crippen molar-refractivity contribution in [2.24, 2.45) is 0 Å². The van der Waals surface area contributed by atoms with Gasteiger partial charge in [-0.2, -0.15) is 4.98 Å². The molecule has 9 heteroatoms. The zero-order valence-electron chi connectivity index (χ0n) is 18.9. The first-order chi connectivity index (χ1) is 16.4. The summed E-state index contributed by atoms with van der Waals surface area (Å²) in [5, 5.41) is 11.3. The van der Waals surface area contributed by atoms with Gasteiger partial charge in [0.05, 0.1) is 5.56 Å². The fourth-order valence-electron chi connectivity index (χ4n) is 3.74. The smallest absolute Gasteiger partial charge is 0.333 e. The normalized spacial score (nSPS) is 11.1. The maximum absolute atomic E-state index is 12.9. The van der Waals surface area contributed by atoms with Gasteiger partial charge in [-0.3, -0.25) is 4.79 Å². The van der Waals surface area contributed by atoms with Gasteiger partial charge in [-0.15, -0.1) is 5.10 Å². The van der Waals surface area contributed by atoms with Crippen LogP contribution < -0.4 is 11.0 Å². The van der Waals surface area contributed by atoms with E-state index in [0.717, 1.165) is 26.9 Å². The Morgan fingerprint density at radius 1 is 1.03 bits per heavy atom. The molecule has 34 heavy (non-hydrogen) atoms. The third-order valence-corrected chi connectivity index (χ3v) is 5.53. The summed E-state index contributed by atoms with van der Waals surface area (Å²) in [6.45, 7) is 5.68. The number of rotatable bonds is 5. The highest BCUT2D eigenvalue weighted by molar-refractivity contribution is 5.91. The summed E-state index contributed by atoms with van der Waals surface area (Å²) < 4.78 is 7.95. The minimum absolute atomic E-state index is 0.230. The molecule has 0 unspecified atom stereocenters. The second-order valence-electron chi connectivity index (χ2n) is 8.21. The molecule has 170 valence electrons. The van der Waals surface area contributed by atoms with Gasteiger partial charge in [-0.05, 0) is 44.5 Å². The molecule has 0 saturated heterocycles. The number of anilines is 1. The maximum atomic E-state index is 12.9. The van der Waals surface area contributed by atoms with Crippen LogP contribution >= 0.6 is 0 Å². The predicted octanol–water partition coefficient (Wildman–Crippen LogP) is 3.78. The summed E-state index contributed by atoms with van der Waals surface area (Å²) in [5.41, 5.74) is 5.07. The van der Waals surface area contributed by atoms with Crippen LogP contribution in [0.3, 0.4) is 0 Å². The van der Waals surface area contributed by atoms with Crippen LogP contribution in [0.5, 0.6) is 0 Å². The standard InChI is InChI=1S/C25H22N6O3/c1-15-6-9-18(10-7-15)22-27-24(34-29-22)19-5-4-12-30-23(19)28-31(25(30)33)14-21(32)26-20-11-8-16(2)13-17(20)3/h4-13H,14H2,1-3H3,(H,26,32). The lowest BCUT2D eigenvalue weighted by Crippen LogP contribution is -2.28. The third-order valence-electron chi connectivity index (χ3n) is 5.53. The second-order valence-corrected chi connectivity index (χ2v) is 8.21. The number of hydrogen-bond donors (Lipinski definition) is 1. The number of nitrogens with one attached hydrogen (secondary N) is 1. The first-order valence-electron chi connectivity index (χ1n) is 10.8. The number of fused-ring (bicyclic) bond motifs is 1. The second kappa shape index (κ2) is 8.43. The molecule has 3 heterocycles. The van der Waals surface area contributed by atoms with Crippen molar-refractivity contribution in [3.63, 3.8) is 0 Å². The number of aryl methyl sites for hydroxylation is 3. The monoisotopic (exact) mass is 454 g/mol. The molecule has 0 atom stereocenters. The van der Waals surface area contributed by atoms with E-state index in [1.807, 2.05) is 63.2 Å². The number of carbonyl (C=O) groups excluding carboxylic acids is 1. The molecule has 0 fully saturated rings. The van der Waals surface area contributed by atoms with Gasteiger partial charge in [0, 0.05) is 17.4 Å². The van der Waals surface area contributed by atoms with Crippen LogP contribution in [0.4, 0.5) is 5.69 Å². The first-order valence-corrected chi connectivity index (χ1v) is 10.8. The van der Waals surface area contributed by atoms with Crippen molar-refractivity contribution in [3.8, 4) is 22.8 Å². The van der Waals surface area contributed by atoms with Crippen LogP contribution in [0.1, 0.15) is 16.7 Å². The van der Waals surface area contributed by atoms with Crippen molar-refractivity contribution in [1.82, 2.24) is 24.3 Å². The molecular weight excluding hydrogens is 432 g/mol. The molecule has 5 aromatic rings. The van der Waals surface area contributed by atoms with Gasteiger partial charge < -0.3 is 9.84 Å². The van der Waals surface area contributed by atoms with Gasteiger partial charge in [0.2, 0.25) is 11.7 Å². The van der Waals surface area contributed by atoms with Gasteiger partial charge in [0.25, 0.3) is 5.89 Å². The molecule has 3 aromatic heterocycles. The Hall–Kier alpha value is -4.53. The van der Waals surface area contributed by atoms with Crippen LogP contribution in [-0.2, 0) is 11.3 Å². The largest absolute Gasteiger partial charge is 0.350 e. The van der Waals surface area contributed by atoms with Gasteiger partial charge in [0.1, 0.15) is 6.54 Å². The zero-order valence-corrected chi connectivity index (χ0v) is 18.9. The zero-order chi connectivity index (χ0) is 23.8. The van der Waals surface area contributed by atoms with Gasteiger partial charge in [-0.1, -0.05) is 52.7 Å². The van der Waals surface area contributed by atoms with Gasteiger partial charge >= 0.3 is 5.69 Å². The SMILES string of the molecule is Cc1ccc(-c2noc(-c3cccn4c(=O)n(CC(=O)Nc5ccc(C)cc5C)nc34)n2)cc1. The highest BCUT2D eigenvalue weighted by Gasteiger charge is 2.19. The Morgan fingerprint density at radius 3 is 2.56 bits per heavy atom. The van der Waals surface area contributed by atoms with Crippen LogP contribution in [0.25, 0.3) is 28.5 Å². The Labute approximate surface area is 194 Å². The van der Waals surface area contributed by atoms with Crippen LogP contribution in [0.15, 0.2) is 70.1 Å². The molecule has 5 rings (SSSR count). The number of aromatic nitrogens is 5. The Bertz CT molecular complexity index is 1580. The number of hydrogen-bond acceptors (Lipinski definition) is 6. The first kappa shape index (κ1) is 21.3. The van der Waals surface area contributed by atoms with Gasteiger partial charge in [0.15, 0.2) is 5.65 Å². The summed E-state index contributed by atoms with van der Waals surface area (Å²) in [4.78, 5) is 30.0. The lowest BCUT2D eigenvalue weighted by molar-refractivity contribution is -0.117. The van der Waals surface area contributed by atoms with E-state index in [0.29, 0.717) is 22.7 Å². The Kier molecular flexibility index (Phi) is 5.29. The average molecular weight is 454 g/mol. The summed E-state index contributed by atoms with van der Waals surface area (Å²) in [6, 6.07) is 16.9. The molecule has 0 radical (unpaired) electrons. The highest BCUT2D eigenvalue weighted by Crippen LogP contribution is 2.24. The molecule has 0 aliphatic rings. The predicted molar refractivity (Wildman–Crippen MR) is 127 cm³/mol. The molecule has 1 N–H and O–H groups in total.